The fraction of sp³-hybridized carbons (Fsp3) is 0.750. The fourth-order valence-corrected chi connectivity index (χ4v) is 2.03. The Bertz CT molecular complexity index is 367. The molecule has 100 valence electrons. The van der Waals surface area contributed by atoms with Crippen LogP contribution in [0.15, 0.2) is 0 Å². The lowest BCUT2D eigenvalue weighted by Crippen LogP contribution is -2.51. The zero-order valence-electron chi connectivity index (χ0n) is 10.8. The molecule has 0 aromatic rings. The van der Waals surface area contributed by atoms with Crippen molar-refractivity contribution in [3.8, 4) is 6.07 Å². The van der Waals surface area contributed by atoms with Crippen molar-refractivity contribution in [1.29, 1.82) is 5.26 Å². The van der Waals surface area contributed by atoms with Crippen LogP contribution in [0.3, 0.4) is 0 Å². The molecule has 0 aliphatic carbocycles. The van der Waals surface area contributed by atoms with Crippen molar-refractivity contribution < 1.29 is 14.3 Å². The molecule has 0 aromatic heterocycles. The van der Waals surface area contributed by atoms with Gasteiger partial charge >= 0.3 is 0 Å². The van der Waals surface area contributed by atoms with Crippen LogP contribution >= 0.6 is 0 Å². The van der Waals surface area contributed by atoms with Crippen LogP contribution in [0.25, 0.3) is 0 Å². The lowest BCUT2D eigenvalue weighted by atomic mass is 9.80. The highest BCUT2D eigenvalue weighted by atomic mass is 16.5. The van der Waals surface area contributed by atoms with Crippen molar-refractivity contribution in [3.05, 3.63) is 0 Å². The van der Waals surface area contributed by atoms with E-state index in [4.69, 9.17) is 10.5 Å². The van der Waals surface area contributed by atoms with E-state index in [-0.39, 0.29) is 18.5 Å². The number of amides is 2. The highest BCUT2D eigenvalue weighted by molar-refractivity contribution is 5.89. The van der Waals surface area contributed by atoms with E-state index in [9.17, 15) is 14.9 Å². The van der Waals surface area contributed by atoms with Gasteiger partial charge in [-0.1, -0.05) is 0 Å². The summed E-state index contributed by atoms with van der Waals surface area (Å²) in [5.74, 6) is -0.890. The maximum Gasteiger partial charge on any atom is 0.243 e. The molecule has 1 rings (SSSR count). The van der Waals surface area contributed by atoms with E-state index < -0.39 is 11.3 Å². The predicted octanol–water partition coefficient (Wildman–Crippen LogP) is 0.0291. The number of primary amides is 1. The van der Waals surface area contributed by atoms with Crippen LogP contribution in [0.4, 0.5) is 0 Å². The van der Waals surface area contributed by atoms with E-state index in [0.717, 1.165) is 0 Å². The molecule has 0 radical (unpaired) electrons. The third-order valence-corrected chi connectivity index (χ3v) is 3.18. The molecule has 0 aromatic carbocycles. The van der Waals surface area contributed by atoms with Crippen LogP contribution in [-0.4, -0.2) is 42.5 Å². The molecule has 0 spiro atoms. The first-order valence-electron chi connectivity index (χ1n) is 6.01. The molecule has 6 heteroatoms. The van der Waals surface area contributed by atoms with Crippen LogP contribution in [0, 0.1) is 16.7 Å². The van der Waals surface area contributed by atoms with Gasteiger partial charge in [0.05, 0.1) is 12.6 Å². The first kappa shape index (κ1) is 14.5. The summed E-state index contributed by atoms with van der Waals surface area (Å²) in [4.78, 5) is 24.9. The van der Waals surface area contributed by atoms with E-state index in [0.29, 0.717) is 26.1 Å². The molecule has 1 fully saturated rings. The van der Waals surface area contributed by atoms with E-state index in [1.165, 1.54) is 4.90 Å². The quantitative estimate of drug-likeness (QED) is 0.764. The number of nitrogens with two attached hydrogens (primary N) is 1. The maximum atomic E-state index is 12.5. The minimum Gasteiger partial charge on any atom is -0.381 e. The molecular weight excluding hydrogens is 234 g/mol. The number of hydrogen-bond acceptors (Lipinski definition) is 4. The second kappa shape index (κ2) is 5.83. The number of ether oxygens (including phenoxy) is 1. The SMILES string of the molecule is CC(C)N(CC(N)=O)C(=O)C1(C#N)CCOCC1. The van der Waals surface area contributed by atoms with Crippen LogP contribution in [-0.2, 0) is 14.3 Å². The molecule has 0 unspecified atom stereocenters. The normalized spacial score (nSPS) is 18.1. The topological polar surface area (TPSA) is 96.4 Å². The summed E-state index contributed by atoms with van der Waals surface area (Å²) in [6.07, 6.45) is 0.731. The van der Waals surface area contributed by atoms with E-state index >= 15 is 0 Å². The molecule has 0 atom stereocenters. The summed E-state index contributed by atoms with van der Waals surface area (Å²) < 4.78 is 5.18. The Morgan fingerprint density at radius 1 is 1.44 bits per heavy atom. The summed E-state index contributed by atoms with van der Waals surface area (Å²) in [5.41, 5.74) is 4.07. The number of hydrogen-bond donors (Lipinski definition) is 1. The first-order valence-corrected chi connectivity index (χ1v) is 6.01. The number of rotatable bonds is 4. The third-order valence-electron chi connectivity index (χ3n) is 3.18. The van der Waals surface area contributed by atoms with E-state index in [2.05, 4.69) is 6.07 Å². The molecule has 1 heterocycles. The number of nitriles is 1. The van der Waals surface area contributed by atoms with Gasteiger partial charge in [0.1, 0.15) is 5.41 Å². The van der Waals surface area contributed by atoms with Gasteiger partial charge in [0.15, 0.2) is 0 Å². The molecule has 1 aliphatic rings. The Morgan fingerprint density at radius 2 is 2.00 bits per heavy atom. The summed E-state index contributed by atoms with van der Waals surface area (Å²) in [5, 5.41) is 9.31. The average molecular weight is 253 g/mol. The summed E-state index contributed by atoms with van der Waals surface area (Å²) in [6.45, 7) is 4.22. The van der Waals surface area contributed by atoms with Gasteiger partial charge in [-0.05, 0) is 26.7 Å². The standard InChI is InChI=1S/C12H19N3O3/c1-9(2)15(7-10(14)16)11(17)12(8-13)3-5-18-6-4-12/h9H,3-7H2,1-2H3,(H2,14,16). The zero-order valence-corrected chi connectivity index (χ0v) is 10.8. The number of nitrogens with zero attached hydrogens (tertiary/aromatic N) is 2. The minimum absolute atomic E-state index is 0.152. The third kappa shape index (κ3) is 2.99. The molecule has 2 N–H and O–H groups in total. The van der Waals surface area contributed by atoms with Crippen molar-refractivity contribution in [3.63, 3.8) is 0 Å². The maximum absolute atomic E-state index is 12.5. The van der Waals surface area contributed by atoms with Crippen molar-refractivity contribution in [2.45, 2.75) is 32.7 Å². The van der Waals surface area contributed by atoms with E-state index in [1.807, 2.05) is 0 Å². The lowest BCUT2D eigenvalue weighted by molar-refractivity contribution is -0.147. The molecule has 0 saturated carbocycles. The Morgan fingerprint density at radius 3 is 2.39 bits per heavy atom. The van der Waals surface area contributed by atoms with Gasteiger partial charge < -0.3 is 15.4 Å². The molecule has 18 heavy (non-hydrogen) atoms. The number of carbonyl (C=O) groups is 2. The van der Waals surface area contributed by atoms with Gasteiger partial charge in [-0.2, -0.15) is 5.26 Å². The molecule has 1 saturated heterocycles. The van der Waals surface area contributed by atoms with Crippen molar-refractivity contribution in [2.24, 2.45) is 11.1 Å². The van der Waals surface area contributed by atoms with Gasteiger partial charge in [0.2, 0.25) is 11.8 Å². The van der Waals surface area contributed by atoms with Crippen molar-refractivity contribution in [1.82, 2.24) is 4.90 Å². The number of carbonyl (C=O) groups excluding carboxylic acids is 2. The van der Waals surface area contributed by atoms with Gasteiger partial charge in [-0.3, -0.25) is 9.59 Å². The molecule has 6 nitrogen and oxygen atoms in total. The molecule has 2 amide bonds. The molecule has 0 bridgehead atoms. The zero-order chi connectivity index (χ0) is 13.8. The summed E-state index contributed by atoms with van der Waals surface area (Å²) in [7, 11) is 0. The van der Waals surface area contributed by atoms with Crippen molar-refractivity contribution in [2.75, 3.05) is 19.8 Å². The average Bonchev–Trinajstić information content (AvgIpc) is 2.35. The first-order chi connectivity index (χ1) is 8.43. The smallest absolute Gasteiger partial charge is 0.243 e. The highest BCUT2D eigenvalue weighted by Crippen LogP contribution is 2.32. The van der Waals surface area contributed by atoms with Gasteiger partial charge in [-0.15, -0.1) is 0 Å². The van der Waals surface area contributed by atoms with Crippen LogP contribution in [0.5, 0.6) is 0 Å². The summed E-state index contributed by atoms with van der Waals surface area (Å²) >= 11 is 0. The fourth-order valence-electron chi connectivity index (χ4n) is 2.03. The van der Waals surface area contributed by atoms with Crippen molar-refractivity contribution >= 4 is 11.8 Å². The Balaban J connectivity index is 2.93. The molecule has 1 aliphatic heterocycles. The Kier molecular flexibility index (Phi) is 4.68. The van der Waals surface area contributed by atoms with Gasteiger partial charge in [-0.25, -0.2) is 0 Å². The monoisotopic (exact) mass is 253 g/mol. The Labute approximate surface area is 107 Å². The largest absolute Gasteiger partial charge is 0.381 e. The summed E-state index contributed by atoms with van der Waals surface area (Å²) in [6, 6.07) is 1.93. The van der Waals surface area contributed by atoms with E-state index in [1.54, 1.807) is 13.8 Å². The van der Waals surface area contributed by atoms with Crippen LogP contribution in [0.2, 0.25) is 0 Å². The predicted molar refractivity (Wildman–Crippen MR) is 64.1 cm³/mol. The lowest BCUT2D eigenvalue weighted by Gasteiger charge is -2.36. The van der Waals surface area contributed by atoms with Crippen LogP contribution < -0.4 is 5.73 Å². The minimum atomic E-state index is -1.07. The Hall–Kier alpha value is -1.61. The highest BCUT2D eigenvalue weighted by Gasteiger charge is 2.43. The second-order valence-electron chi connectivity index (χ2n) is 4.80. The molecular formula is C12H19N3O3. The second-order valence-corrected chi connectivity index (χ2v) is 4.80. The van der Waals surface area contributed by atoms with Crippen LogP contribution in [0.1, 0.15) is 26.7 Å². The van der Waals surface area contributed by atoms with Gasteiger partial charge in [0, 0.05) is 19.3 Å². The van der Waals surface area contributed by atoms with Gasteiger partial charge in [0.25, 0.3) is 0 Å².